The molecule has 0 fully saturated rings. The van der Waals surface area contributed by atoms with Crippen molar-refractivity contribution in [1.29, 1.82) is 0 Å². The van der Waals surface area contributed by atoms with Crippen molar-refractivity contribution in [1.82, 2.24) is 0 Å². The first-order chi connectivity index (χ1) is 12.3. The molecule has 146 valence electrons. The number of ether oxygens (including phenoxy) is 1. The van der Waals surface area contributed by atoms with Crippen LogP contribution in [0, 0.1) is 0 Å². The lowest BCUT2D eigenvalue weighted by atomic mass is 10.0. The molecule has 0 saturated carbocycles. The summed E-state index contributed by atoms with van der Waals surface area (Å²) in [6, 6.07) is 0. The second-order valence-electron chi connectivity index (χ2n) is 6.65. The summed E-state index contributed by atoms with van der Waals surface area (Å²) in [7, 11) is 0. The summed E-state index contributed by atoms with van der Waals surface area (Å²) in [5, 5.41) is 8.81. The molecule has 0 unspecified atom stereocenters. The highest BCUT2D eigenvalue weighted by molar-refractivity contribution is 5.85. The molecule has 0 bridgehead atoms. The van der Waals surface area contributed by atoms with Gasteiger partial charge in [0, 0.05) is 11.6 Å². The number of allylic oxidation sites excluding steroid dienone is 6. The van der Waals surface area contributed by atoms with E-state index in [4.69, 9.17) is 9.84 Å². The lowest BCUT2D eigenvalue weighted by molar-refractivity contribution is -0.137. The van der Waals surface area contributed by atoms with Gasteiger partial charge in [-0.2, -0.15) is 0 Å². The van der Waals surface area contributed by atoms with Gasteiger partial charge in [-0.1, -0.05) is 34.9 Å². The highest BCUT2D eigenvalue weighted by Crippen LogP contribution is 2.13. The molecule has 0 radical (unpaired) electrons. The van der Waals surface area contributed by atoms with Crippen LogP contribution in [0.5, 0.6) is 0 Å². The van der Waals surface area contributed by atoms with Crippen molar-refractivity contribution in [3.8, 4) is 0 Å². The number of carbonyl (C=O) groups excluding carboxylic acids is 1. The van der Waals surface area contributed by atoms with Gasteiger partial charge in [-0.25, -0.2) is 9.59 Å². The smallest absolute Gasteiger partial charge is 0.330 e. The van der Waals surface area contributed by atoms with Crippen LogP contribution < -0.4 is 0 Å². The van der Waals surface area contributed by atoms with Crippen LogP contribution in [-0.2, 0) is 14.3 Å². The number of aliphatic carboxylic acids is 1. The van der Waals surface area contributed by atoms with E-state index in [-0.39, 0.29) is 5.97 Å². The van der Waals surface area contributed by atoms with Crippen LogP contribution in [0.4, 0.5) is 0 Å². The summed E-state index contributed by atoms with van der Waals surface area (Å²) in [4.78, 5) is 22.1. The molecular weight excluding hydrogens is 328 g/mol. The molecule has 0 aliphatic carbocycles. The van der Waals surface area contributed by atoms with Gasteiger partial charge in [0.05, 0.1) is 6.61 Å². The molecule has 0 aromatic carbocycles. The molecule has 0 rings (SSSR count). The summed E-state index contributed by atoms with van der Waals surface area (Å²) in [5.74, 6) is -1.11. The van der Waals surface area contributed by atoms with E-state index in [0.717, 1.165) is 44.1 Å². The van der Waals surface area contributed by atoms with Crippen LogP contribution in [0.2, 0.25) is 0 Å². The molecule has 1 N–H and O–H groups in total. The summed E-state index contributed by atoms with van der Waals surface area (Å²) in [5.41, 5.74) is 4.08. The first-order valence-corrected chi connectivity index (χ1v) is 9.31. The third-order valence-electron chi connectivity index (χ3n) is 4.04. The van der Waals surface area contributed by atoms with E-state index in [9.17, 15) is 9.59 Å². The monoisotopic (exact) mass is 362 g/mol. The lowest BCUT2D eigenvalue weighted by Crippen LogP contribution is -2.00. The summed E-state index contributed by atoms with van der Waals surface area (Å²) >= 11 is 0. The minimum absolute atomic E-state index is 0.264. The van der Waals surface area contributed by atoms with Gasteiger partial charge in [0.1, 0.15) is 0 Å². The molecule has 0 amide bonds. The maximum atomic E-state index is 11.3. The number of carboxylic acid groups (broad SMARTS) is 1. The van der Waals surface area contributed by atoms with Crippen LogP contribution in [0.3, 0.4) is 0 Å². The van der Waals surface area contributed by atoms with Gasteiger partial charge in [0.15, 0.2) is 0 Å². The highest BCUT2D eigenvalue weighted by atomic mass is 16.5. The van der Waals surface area contributed by atoms with E-state index in [2.05, 4.69) is 26.0 Å². The van der Waals surface area contributed by atoms with Gasteiger partial charge in [-0.15, -0.1) is 0 Å². The van der Waals surface area contributed by atoms with Crippen molar-refractivity contribution in [2.75, 3.05) is 6.61 Å². The Balaban J connectivity index is 4.14. The Morgan fingerprint density at radius 2 is 1.27 bits per heavy atom. The molecule has 0 saturated heterocycles. The Bertz CT molecular complexity index is 577. The zero-order valence-electron chi connectivity index (χ0n) is 16.9. The van der Waals surface area contributed by atoms with Crippen LogP contribution >= 0.6 is 0 Å². The number of hydrogen-bond donors (Lipinski definition) is 1. The number of carboxylic acids is 1. The van der Waals surface area contributed by atoms with E-state index in [1.54, 1.807) is 26.0 Å². The summed E-state index contributed by atoms with van der Waals surface area (Å²) in [6.07, 6.45) is 13.3. The maximum Gasteiger partial charge on any atom is 0.330 e. The van der Waals surface area contributed by atoms with E-state index >= 15 is 0 Å². The predicted molar refractivity (Wildman–Crippen MR) is 107 cm³/mol. The molecule has 0 aromatic heterocycles. The fourth-order valence-corrected chi connectivity index (χ4v) is 2.36. The number of carbonyl (C=O) groups is 2. The average molecular weight is 363 g/mol. The zero-order valence-corrected chi connectivity index (χ0v) is 16.9. The predicted octanol–water partition coefficient (Wildman–Crippen LogP) is 5.76. The summed E-state index contributed by atoms with van der Waals surface area (Å²) in [6.45, 7) is 10.0. The summed E-state index contributed by atoms with van der Waals surface area (Å²) < 4.78 is 4.90. The Labute approximate surface area is 158 Å². The Kier molecular flexibility index (Phi) is 13.0. The Hall–Kier alpha value is -2.10. The first-order valence-electron chi connectivity index (χ1n) is 9.31. The fraction of sp³-hybridized carbons (Fsp3) is 0.545. The minimum Gasteiger partial charge on any atom is -0.478 e. The average Bonchev–Trinajstić information content (AvgIpc) is 2.54. The third-order valence-corrected chi connectivity index (χ3v) is 4.04. The molecule has 0 aliphatic rings. The molecule has 0 aliphatic heterocycles. The maximum absolute atomic E-state index is 11.3. The number of rotatable bonds is 12. The van der Waals surface area contributed by atoms with Gasteiger partial charge in [-0.05, 0) is 73.1 Å². The van der Waals surface area contributed by atoms with E-state index in [1.807, 2.05) is 6.92 Å². The molecular formula is C22H34O4. The second kappa shape index (κ2) is 14.1. The van der Waals surface area contributed by atoms with E-state index in [0.29, 0.717) is 12.2 Å². The second-order valence-corrected chi connectivity index (χ2v) is 6.65. The van der Waals surface area contributed by atoms with Crippen molar-refractivity contribution >= 4 is 11.9 Å². The number of esters is 1. The van der Waals surface area contributed by atoms with Gasteiger partial charge in [0.2, 0.25) is 0 Å². The van der Waals surface area contributed by atoms with Crippen molar-refractivity contribution in [2.45, 2.75) is 73.1 Å². The molecule has 0 spiro atoms. The molecule has 4 heteroatoms. The van der Waals surface area contributed by atoms with Crippen LogP contribution in [-0.4, -0.2) is 23.7 Å². The van der Waals surface area contributed by atoms with Gasteiger partial charge in [-0.3, -0.25) is 0 Å². The first kappa shape index (κ1) is 23.9. The normalized spacial score (nSPS) is 13.7. The Morgan fingerprint density at radius 3 is 1.73 bits per heavy atom. The zero-order chi connectivity index (χ0) is 19.9. The number of hydrogen-bond acceptors (Lipinski definition) is 3. The quantitative estimate of drug-likeness (QED) is 0.272. The molecule has 0 aromatic rings. The fourth-order valence-electron chi connectivity index (χ4n) is 2.36. The standard InChI is InChI=1S/C22H34O4/c1-6-26-21(23)16-19(4)14-8-12-17(2)10-7-11-18(3)13-9-15-20(5)22(24)25/h11-12,15-16H,6-10,13-14H2,1-5H3,(H,24,25). The van der Waals surface area contributed by atoms with Crippen LogP contribution in [0.1, 0.15) is 73.1 Å². The highest BCUT2D eigenvalue weighted by Gasteiger charge is 1.99. The molecule has 4 nitrogen and oxygen atoms in total. The minimum atomic E-state index is -0.847. The van der Waals surface area contributed by atoms with E-state index < -0.39 is 5.97 Å². The third kappa shape index (κ3) is 13.2. The lowest BCUT2D eigenvalue weighted by Gasteiger charge is -2.03. The van der Waals surface area contributed by atoms with E-state index in [1.165, 1.54) is 11.1 Å². The van der Waals surface area contributed by atoms with Gasteiger partial charge < -0.3 is 9.84 Å². The Morgan fingerprint density at radius 1 is 0.808 bits per heavy atom. The van der Waals surface area contributed by atoms with Crippen molar-refractivity contribution in [2.24, 2.45) is 0 Å². The van der Waals surface area contributed by atoms with Crippen LogP contribution in [0.25, 0.3) is 0 Å². The molecule has 0 atom stereocenters. The van der Waals surface area contributed by atoms with Crippen molar-refractivity contribution in [3.05, 3.63) is 46.6 Å². The SMILES string of the molecule is CCOC(=O)C=C(C)CCC=C(C)CCC=C(C)CCC=C(C)C(=O)O. The van der Waals surface area contributed by atoms with Crippen LogP contribution in [0.15, 0.2) is 46.6 Å². The van der Waals surface area contributed by atoms with Crippen molar-refractivity contribution in [3.63, 3.8) is 0 Å². The largest absolute Gasteiger partial charge is 0.478 e. The molecule has 26 heavy (non-hydrogen) atoms. The topological polar surface area (TPSA) is 63.6 Å². The van der Waals surface area contributed by atoms with Gasteiger partial charge in [0.25, 0.3) is 0 Å². The van der Waals surface area contributed by atoms with Crippen molar-refractivity contribution < 1.29 is 19.4 Å². The molecule has 0 heterocycles. The van der Waals surface area contributed by atoms with Gasteiger partial charge >= 0.3 is 11.9 Å².